The highest BCUT2D eigenvalue weighted by molar-refractivity contribution is 5.99. The van der Waals surface area contributed by atoms with Crippen LogP contribution >= 0.6 is 0 Å². The molecule has 2 N–H and O–H groups in total. The van der Waals surface area contributed by atoms with Crippen molar-refractivity contribution in [3.05, 3.63) is 62.8 Å². The molecule has 10 heteroatoms. The number of nitrogens with zero attached hydrogens (tertiary/aromatic N) is 2. The average molecular weight is 421 g/mol. The van der Waals surface area contributed by atoms with Crippen LogP contribution < -0.4 is 10.7 Å². The molecule has 2 bridgehead atoms. The molecule has 0 spiro atoms. The lowest BCUT2D eigenvalue weighted by Crippen LogP contribution is -2.44. The first-order valence-electron chi connectivity index (χ1n) is 9.47. The third kappa shape index (κ3) is 3.21. The second kappa shape index (κ2) is 7.51. The van der Waals surface area contributed by atoms with E-state index in [9.17, 15) is 32.7 Å². The Hall–Kier alpha value is -3.30. The van der Waals surface area contributed by atoms with Crippen LogP contribution in [0.1, 0.15) is 51.7 Å². The first-order chi connectivity index (χ1) is 14.3. The van der Waals surface area contributed by atoms with Crippen molar-refractivity contribution in [1.29, 1.82) is 0 Å². The van der Waals surface area contributed by atoms with Crippen molar-refractivity contribution in [2.24, 2.45) is 0 Å². The fourth-order valence-corrected chi connectivity index (χ4v) is 3.94. The molecule has 2 aliphatic rings. The standard InChI is InChI=1S/C20H18F3N3O4/c21-13-5-4-10(14(22)15(13)23)7-24-19(29)12-9-26-11-3-1-2-6-25(8-11)20(30)16(26)18(28)17(12)27/h4-5,9,11,28H,1-3,6-8H2,(H,24,29)/t11-/m0/s1. The van der Waals surface area contributed by atoms with Crippen LogP contribution in [-0.4, -0.2) is 39.5 Å². The molecule has 3 heterocycles. The predicted octanol–water partition coefficient (Wildman–Crippen LogP) is 2.08. The monoisotopic (exact) mass is 421 g/mol. The summed E-state index contributed by atoms with van der Waals surface area (Å²) in [6.07, 6.45) is 3.58. The van der Waals surface area contributed by atoms with Crippen LogP contribution in [-0.2, 0) is 6.54 Å². The van der Waals surface area contributed by atoms with Crippen LogP contribution in [0, 0.1) is 17.5 Å². The van der Waals surface area contributed by atoms with Gasteiger partial charge in [-0.3, -0.25) is 14.4 Å². The Labute approximate surface area is 168 Å². The van der Waals surface area contributed by atoms with Crippen molar-refractivity contribution in [2.45, 2.75) is 31.8 Å². The van der Waals surface area contributed by atoms with E-state index < -0.39 is 52.6 Å². The molecule has 1 atom stereocenters. The molecular weight excluding hydrogens is 403 g/mol. The lowest BCUT2D eigenvalue weighted by molar-refractivity contribution is 0.0677. The van der Waals surface area contributed by atoms with Crippen molar-refractivity contribution in [3.63, 3.8) is 0 Å². The van der Waals surface area contributed by atoms with Gasteiger partial charge in [0.25, 0.3) is 11.8 Å². The van der Waals surface area contributed by atoms with E-state index in [0.717, 1.165) is 25.0 Å². The molecule has 30 heavy (non-hydrogen) atoms. The number of halogens is 3. The first kappa shape index (κ1) is 20.0. The number of fused-ring (bicyclic) bond motifs is 4. The predicted molar refractivity (Wildman–Crippen MR) is 98.6 cm³/mol. The highest BCUT2D eigenvalue weighted by Gasteiger charge is 2.36. The summed E-state index contributed by atoms with van der Waals surface area (Å²) in [7, 11) is 0. The van der Waals surface area contributed by atoms with E-state index >= 15 is 0 Å². The zero-order valence-corrected chi connectivity index (χ0v) is 15.8. The van der Waals surface area contributed by atoms with E-state index in [4.69, 9.17) is 0 Å². The normalized spacial score (nSPS) is 18.0. The number of hydrogen-bond acceptors (Lipinski definition) is 4. The molecule has 158 valence electrons. The Morgan fingerprint density at radius 2 is 1.93 bits per heavy atom. The maximum absolute atomic E-state index is 13.8. The number of aromatic nitrogens is 1. The maximum atomic E-state index is 13.8. The zero-order valence-electron chi connectivity index (χ0n) is 15.8. The largest absolute Gasteiger partial charge is 0.503 e. The summed E-state index contributed by atoms with van der Waals surface area (Å²) in [6.45, 7) is 0.445. The van der Waals surface area contributed by atoms with Crippen LogP contribution in [0.25, 0.3) is 0 Å². The summed E-state index contributed by atoms with van der Waals surface area (Å²) in [5, 5.41) is 12.6. The number of hydrogen-bond donors (Lipinski definition) is 2. The molecule has 1 aromatic heterocycles. The molecule has 4 rings (SSSR count). The van der Waals surface area contributed by atoms with E-state index in [1.807, 2.05) is 0 Å². The van der Waals surface area contributed by atoms with E-state index in [2.05, 4.69) is 5.32 Å². The molecule has 2 aromatic rings. The van der Waals surface area contributed by atoms with Gasteiger partial charge in [0.05, 0.1) is 6.04 Å². The van der Waals surface area contributed by atoms with Crippen LogP contribution in [0.2, 0.25) is 0 Å². The molecule has 0 unspecified atom stereocenters. The Balaban J connectivity index is 1.66. The van der Waals surface area contributed by atoms with Gasteiger partial charge in [0, 0.05) is 31.4 Å². The van der Waals surface area contributed by atoms with E-state index in [0.29, 0.717) is 19.5 Å². The van der Waals surface area contributed by atoms with Gasteiger partial charge in [-0.25, -0.2) is 13.2 Å². The number of rotatable bonds is 3. The van der Waals surface area contributed by atoms with Crippen molar-refractivity contribution in [2.75, 3.05) is 13.1 Å². The van der Waals surface area contributed by atoms with Crippen molar-refractivity contribution < 1.29 is 27.9 Å². The van der Waals surface area contributed by atoms with Crippen molar-refractivity contribution >= 4 is 11.8 Å². The van der Waals surface area contributed by atoms with Gasteiger partial charge in [-0.15, -0.1) is 0 Å². The Morgan fingerprint density at radius 1 is 1.17 bits per heavy atom. The zero-order chi connectivity index (χ0) is 21.6. The smallest absolute Gasteiger partial charge is 0.274 e. The van der Waals surface area contributed by atoms with Gasteiger partial charge in [0.1, 0.15) is 5.56 Å². The third-order valence-corrected chi connectivity index (χ3v) is 5.54. The summed E-state index contributed by atoms with van der Waals surface area (Å²) in [4.78, 5) is 39.3. The Kier molecular flexibility index (Phi) is 5.00. The lowest BCUT2D eigenvalue weighted by Gasteiger charge is -2.34. The molecule has 1 aromatic carbocycles. The van der Waals surface area contributed by atoms with E-state index in [1.54, 1.807) is 4.90 Å². The SMILES string of the molecule is O=C(NCc1ccc(F)c(F)c1F)c1cn2c(c(O)c1=O)C(=O)N1CCCC[C@H]2C1. The second-order valence-electron chi connectivity index (χ2n) is 7.39. The summed E-state index contributed by atoms with van der Waals surface area (Å²) in [6, 6.07) is 1.51. The number of carbonyl (C=O) groups is 2. The van der Waals surface area contributed by atoms with Gasteiger partial charge >= 0.3 is 0 Å². The molecule has 2 aliphatic heterocycles. The van der Waals surface area contributed by atoms with E-state index in [1.165, 1.54) is 10.8 Å². The summed E-state index contributed by atoms with van der Waals surface area (Å²) in [5.74, 6) is -6.68. The fraction of sp³-hybridized carbons (Fsp3) is 0.350. The Bertz CT molecular complexity index is 1120. The topological polar surface area (TPSA) is 91.6 Å². The summed E-state index contributed by atoms with van der Waals surface area (Å²) >= 11 is 0. The minimum Gasteiger partial charge on any atom is -0.503 e. The summed E-state index contributed by atoms with van der Waals surface area (Å²) < 4.78 is 41.6. The minimum atomic E-state index is -1.66. The van der Waals surface area contributed by atoms with Crippen LogP contribution in [0.15, 0.2) is 23.1 Å². The number of pyridine rings is 1. The van der Waals surface area contributed by atoms with Crippen LogP contribution in [0.5, 0.6) is 5.75 Å². The number of nitrogens with one attached hydrogen (secondary N) is 1. The molecule has 0 radical (unpaired) electrons. The molecule has 0 aliphatic carbocycles. The van der Waals surface area contributed by atoms with Crippen molar-refractivity contribution in [3.8, 4) is 5.75 Å². The molecule has 7 nitrogen and oxygen atoms in total. The number of benzene rings is 1. The Morgan fingerprint density at radius 3 is 2.70 bits per heavy atom. The van der Waals surface area contributed by atoms with Crippen LogP contribution in [0.4, 0.5) is 13.2 Å². The quantitative estimate of drug-likeness (QED) is 0.743. The van der Waals surface area contributed by atoms with Gasteiger partial charge in [-0.1, -0.05) is 6.07 Å². The molecular formula is C20H18F3N3O4. The highest BCUT2D eigenvalue weighted by atomic mass is 19.2. The number of carbonyl (C=O) groups excluding carboxylic acids is 2. The molecule has 2 amide bonds. The van der Waals surface area contributed by atoms with Crippen LogP contribution in [0.3, 0.4) is 0 Å². The maximum Gasteiger partial charge on any atom is 0.274 e. The lowest BCUT2D eigenvalue weighted by atomic mass is 10.1. The average Bonchev–Trinajstić information content (AvgIpc) is 2.95. The van der Waals surface area contributed by atoms with Gasteiger partial charge in [0.15, 0.2) is 28.9 Å². The third-order valence-electron chi connectivity index (χ3n) is 5.54. The number of aromatic hydroxyl groups is 1. The van der Waals surface area contributed by atoms with Crippen molar-refractivity contribution in [1.82, 2.24) is 14.8 Å². The highest BCUT2D eigenvalue weighted by Crippen LogP contribution is 2.31. The van der Waals surface area contributed by atoms with E-state index in [-0.39, 0.29) is 17.3 Å². The molecule has 1 saturated heterocycles. The van der Waals surface area contributed by atoms with Gasteiger partial charge in [-0.2, -0.15) is 0 Å². The van der Waals surface area contributed by atoms with Gasteiger partial charge in [0.2, 0.25) is 5.43 Å². The first-order valence-corrected chi connectivity index (χ1v) is 9.47. The summed E-state index contributed by atoms with van der Waals surface area (Å²) in [5.41, 5.74) is -1.91. The number of amides is 2. The minimum absolute atomic E-state index is 0.152. The second-order valence-corrected chi connectivity index (χ2v) is 7.39. The molecule has 1 fully saturated rings. The fourth-order valence-electron chi connectivity index (χ4n) is 3.94. The molecule has 0 saturated carbocycles. The van der Waals surface area contributed by atoms with Gasteiger partial charge in [-0.05, 0) is 25.3 Å². The van der Waals surface area contributed by atoms with Gasteiger partial charge < -0.3 is 19.9 Å².